The lowest BCUT2D eigenvalue weighted by molar-refractivity contribution is 0.414. The molecule has 2 aromatic carbocycles. The van der Waals surface area contributed by atoms with E-state index >= 15 is 0 Å². The Labute approximate surface area is 120 Å². The van der Waals surface area contributed by atoms with Crippen molar-refractivity contribution >= 4 is 11.8 Å². The van der Waals surface area contributed by atoms with Crippen molar-refractivity contribution in [3.05, 3.63) is 60.2 Å². The van der Waals surface area contributed by atoms with Crippen LogP contribution in [-0.4, -0.2) is 12.9 Å². The van der Waals surface area contributed by atoms with Gasteiger partial charge >= 0.3 is 0 Å². The van der Waals surface area contributed by atoms with E-state index in [0.29, 0.717) is 0 Å². The van der Waals surface area contributed by atoms with E-state index in [-0.39, 0.29) is 0 Å². The Morgan fingerprint density at radius 3 is 2.32 bits per heavy atom. The zero-order chi connectivity index (χ0) is 13.3. The van der Waals surface area contributed by atoms with Gasteiger partial charge in [-0.3, -0.25) is 0 Å². The van der Waals surface area contributed by atoms with Gasteiger partial charge in [-0.2, -0.15) is 0 Å². The summed E-state index contributed by atoms with van der Waals surface area (Å²) in [6.45, 7) is 0. The van der Waals surface area contributed by atoms with Gasteiger partial charge in [-0.25, -0.2) is 0 Å². The van der Waals surface area contributed by atoms with Gasteiger partial charge in [0.2, 0.25) is 0 Å². The second-order valence-corrected chi connectivity index (χ2v) is 5.64. The zero-order valence-corrected chi connectivity index (χ0v) is 12.2. The molecule has 0 fully saturated rings. The maximum atomic E-state index is 5.15. The van der Waals surface area contributed by atoms with Crippen molar-refractivity contribution in [2.45, 2.75) is 24.2 Å². The first-order valence-corrected chi connectivity index (χ1v) is 7.68. The fourth-order valence-corrected chi connectivity index (χ4v) is 2.85. The van der Waals surface area contributed by atoms with Crippen LogP contribution in [0.3, 0.4) is 0 Å². The molecule has 2 aromatic rings. The van der Waals surface area contributed by atoms with Crippen LogP contribution in [0.25, 0.3) is 0 Å². The van der Waals surface area contributed by atoms with Crippen molar-refractivity contribution in [1.82, 2.24) is 0 Å². The van der Waals surface area contributed by atoms with E-state index < -0.39 is 0 Å². The Morgan fingerprint density at radius 1 is 0.895 bits per heavy atom. The fraction of sp³-hybridized carbons (Fsp3) is 0.294. The number of thioether (sulfide) groups is 1. The van der Waals surface area contributed by atoms with Crippen molar-refractivity contribution < 1.29 is 4.74 Å². The molecule has 2 rings (SSSR count). The molecule has 0 heterocycles. The molecule has 0 aliphatic carbocycles. The van der Waals surface area contributed by atoms with Gasteiger partial charge in [0, 0.05) is 4.90 Å². The monoisotopic (exact) mass is 272 g/mol. The highest BCUT2D eigenvalue weighted by atomic mass is 32.2. The quantitative estimate of drug-likeness (QED) is 0.528. The molecule has 1 nitrogen and oxygen atoms in total. The van der Waals surface area contributed by atoms with Gasteiger partial charge in [-0.15, -0.1) is 11.8 Å². The maximum Gasteiger partial charge on any atom is 0.118 e. The number of aryl methyl sites for hydroxylation is 1. The summed E-state index contributed by atoms with van der Waals surface area (Å²) in [5.74, 6) is 2.10. The Hall–Kier alpha value is -1.41. The van der Waals surface area contributed by atoms with E-state index in [1.54, 1.807) is 7.11 Å². The van der Waals surface area contributed by atoms with Gasteiger partial charge < -0.3 is 4.74 Å². The Bertz CT molecular complexity index is 464. The molecule has 0 spiro atoms. The van der Waals surface area contributed by atoms with Crippen LogP contribution in [0.4, 0.5) is 0 Å². The zero-order valence-electron chi connectivity index (χ0n) is 11.3. The average molecular weight is 272 g/mol. The highest BCUT2D eigenvalue weighted by Crippen LogP contribution is 2.22. The number of ether oxygens (including phenoxy) is 1. The molecule has 0 saturated carbocycles. The molecule has 0 bridgehead atoms. The van der Waals surface area contributed by atoms with E-state index in [9.17, 15) is 0 Å². The van der Waals surface area contributed by atoms with E-state index in [0.717, 1.165) is 5.75 Å². The first-order valence-electron chi connectivity index (χ1n) is 6.69. The van der Waals surface area contributed by atoms with E-state index in [2.05, 4.69) is 42.5 Å². The van der Waals surface area contributed by atoms with Crippen molar-refractivity contribution in [3.63, 3.8) is 0 Å². The summed E-state index contributed by atoms with van der Waals surface area (Å²) in [5.41, 5.74) is 1.44. The summed E-state index contributed by atoms with van der Waals surface area (Å²) in [7, 11) is 1.70. The number of rotatable bonds is 7. The molecule has 0 unspecified atom stereocenters. The van der Waals surface area contributed by atoms with Crippen molar-refractivity contribution in [3.8, 4) is 5.75 Å². The molecule has 0 N–H and O–H groups in total. The summed E-state index contributed by atoms with van der Waals surface area (Å²) >= 11 is 1.92. The molecule has 19 heavy (non-hydrogen) atoms. The largest absolute Gasteiger partial charge is 0.497 e. The van der Waals surface area contributed by atoms with Crippen LogP contribution >= 0.6 is 11.8 Å². The van der Waals surface area contributed by atoms with Gasteiger partial charge in [0.05, 0.1) is 7.11 Å². The molecule has 2 heteroatoms. The van der Waals surface area contributed by atoms with Crippen LogP contribution in [0.1, 0.15) is 18.4 Å². The minimum Gasteiger partial charge on any atom is -0.497 e. The van der Waals surface area contributed by atoms with Crippen LogP contribution in [0.2, 0.25) is 0 Å². The van der Waals surface area contributed by atoms with Crippen LogP contribution in [-0.2, 0) is 6.42 Å². The van der Waals surface area contributed by atoms with Gasteiger partial charge in [0.1, 0.15) is 5.75 Å². The Kier molecular flexibility index (Phi) is 5.83. The fourth-order valence-electron chi connectivity index (χ4n) is 1.94. The minimum atomic E-state index is 0.924. The third kappa shape index (κ3) is 4.99. The van der Waals surface area contributed by atoms with Gasteiger partial charge in [0.15, 0.2) is 0 Å². The van der Waals surface area contributed by atoms with Crippen LogP contribution in [0, 0.1) is 0 Å². The molecule has 0 radical (unpaired) electrons. The van der Waals surface area contributed by atoms with Crippen LogP contribution in [0.5, 0.6) is 5.75 Å². The van der Waals surface area contributed by atoms with Crippen molar-refractivity contribution in [2.24, 2.45) is 0 Å². The first-order chi connectivity index (χ1) is 9.38. The number of benzene rings is 2. The Morgan fingerprint density at radius 2 is 1.63 bits per heavy atom. The summed E-state index contributed by atoms with van der Waals surface area (Å²) in [6.07, 6.45) is 3.70. The number of hydrogen-bond acceptors (Lipinski definition) is 2. The Balaban J connectivity index is 1.63. The van der Waals surface area contributed by atoms with E-state index in [1.807, 2.05) is 23.9 Å². The standard InChI is InChI=1S/C17H20OS/c1-18-16-10-12-17(13-11-16)19-14-6-5-9-15-7-3-2-4-8-15/h2-4,7-8,10-13H,5-6,9,14H2,1H3. The number of hydrogen-bond donors (Lipinski definition) is 0. The van der Waals surface area contributed by atoms with Gasteiger partial charge in [-0.1, -0.05) is 30.3 Å². The van der Waals surface area contributed by atoms with Crippen LogP contribution in [0.15, 0.2) is 59.5 Å². The lowest BCUT2D eigenvalue weighted by atomic mass is 10.1. The van der Waals surface area contributed by atoms with E-state index in [4.69, 9.17) is 4.74 Å². The van der Waals surface area contributed by atoms with Crippen molar-refractivity contribution in [1.29, 1.82) is 0 Å². The molecule has 0 amide bonds. The number of unbranched alkanes of at least 4 members (excludes halogenated alkanes) is 1. The molecule has 0 atom stereocenters. The summed E-state index contributed by atoms with van der Waals surface area (Å²) in [4.78, 5) is 1.32. The third-order valence-electron chi connectivity index (χ3n) is 3.03. The predicted molar refractivity (Wildman–Crippen MR) is 83.1 cm³/mol. The smallest absolute Gasteiger partial charge is 0.118 e. The summed E-state index contributed by atoms with van der Waals surface area (Å²) < 4.78 is 5.15. The second-order valence-electron chi connectivity index (χ2n) is 4.47. The lowest BCUT2D eigenvalue weighted by Gasteiger charge is -2.04. The maximum absolute atomic E-state index is 5.15. The molecular weight excluding hydrogens is 252 g/mol. The topological polar surface area (TPSA) is 9.23 Å². The van der Waals surface area contributed by atoms with Crippen LogP contribution < -0.4 is 4.74 Å². The van der Waals surface area contributed by atoms with Gasteiger partial charge in [-0.05, 0) is 54.8 Å². The molecule has 0 aliphatic heterocycles. The molecule has 0 aromatic heterocycles. The first kappa shape index (κ1) is 14.0. The average Bonchev–Trinajstić information content (AvgIpc) is 2.49. The normalized spacial score (nSPS) is 10.4. The van der Waals surface area contributed by atoms with Crippen molar-refractivity contribution in [2.75, 3.05) is 12.9 Å². The third-order valence-corrected chi connectivity index (χ3v) is 4.13. The SMILES string of the molecule is COc1ccc(SCCCCc2ccccc2)cc1. The minimum absolute atomic E-state index is 0.924. The molecular formula is C17H20OS. The molecule has 0 aliphatic rings. The predicted octanol–water partition coefficient (Wildman–Crippen LogP) is 4.81. The second kappa shape index (κ2) is 7.90. The lowest BCUT2D eigenvalue weighted by Crippen LogP contribution is -1.87. The summed E-state index contributed by atoms with van der Waals surface area (Å²) in [6, 6.07) is 19.0. The summed E-state index contributed by atoms with van der Waals surface area (Å²) in [5, 5.41) is 0. The molecule has 100 valence electrons. The number of methoxy groups -OCH3 is 1. The highest BCUT2D eigenvalue weighted by molar-refractivity contribution is 7.99. The molecule has 0 saturated heterocycles. The van der Waals surface area contributed by atoms with Gasteiger partial charge in [0.25, 0.3) is 0 Å². The van der Waals surface area contributed by atoms with E-state index in [1.165, 1.54) is 35.5 Å². The highest BCUT2D eigenvalue weighted by Gasteiger charge is 1.96.